The second-order valence-electron chi connectivity index (χ2n) is 9.02. The molecule has 2 N–H and O–H groups in total. The fourth-order valence-electron chi connectivity index (χ4n) is 4.83. The van der Waals surface area contributed by atoms with Gasteiger partial charge in [-0.25, -0.2) is 4.98 Å². The summed E-state index contributed by atoms with van der Waals surface area (Å²) >= 11 is 1.69. The number of fused-ring (bicyclic) bond motifs is 3. The quantitative estimate of drug-likeness (QED) is 0.288. The van der Waals surface area contributed by atoms with Gasteiger partial charge in [-0.2, -0.15) is 0 Å². The van der Waals surface area contributed by atoms with Crippen molar-refractivity contribution in [3.63, 3.8) is 0 Å². The number of aromatic amines is 1. The highest BCUT2D eigenvalue weighted by atomic mass is 32.1. The van der Waals surface area contributed by atoms with Gasteiger partial charge < -0.3 is 15.0 Å². The predicted octanol–water partition coefficient (Wildman–Crippen LogP) is 6.15. The van der Waals surface area contributed by atoms with E-state index in [1.165, 1.54) is 37.7 Å². The summed E-state index contributed by atoms with van der Waals surface area (Å²) < 4.78 is 7.20. The van der Waals surface area contributed by atoms with Crippen molar-refractivity contribution in [1.82, 2.24) is 25.1 Å². The first-order chi connectivity index (χ1) is 17.3. The van der Waals surface area contributed by atoms with Crippen LogP contribution in [-0.2, 0) is 0 Å². The number of para-hydroxylation sites is 1. The van der Waals surface area contributed by atoms with Crippen LogP contribution in [0.4, 0.5) is 11.5 Å². The van der Waals surface area contributed by atoms with Crippen molar-refractivity contribution in [2.75, 3.05) is 31.6 Å². The molecule has 4 heterocycles. The fraction of sp³-hybridized carbons (Fsp3) is 0.296. The summed E-state index contributed by atoms with van der Waals surface area (Å²) in [6.07, 6.45) is 5.56. The van der Waals surface area contributed by atoms with Gasteiger partial charge in [-0.05, 0) is 74.1 Å². The molecule has 0 unspecified atom stereocenters. The number of hydrogen-bond donors (Lipinski definition) is 2. The summed E-state index contributed by atoms with van der Waals surface area (Å²) in [5.74, 6) is 2.47. The van der Waals surface area contributed by atoms with Gasteiger partial charge in [-0.3, -0.25) is 4.90 Å². The minimum absolute atomic E-state index is 0.714. The molecule has 1 aliphatic heterocycles. The molecule has 0 amide bonds. The molecule has 0 saturated carbocycles. The van der Waals surface area contributed by atoms with E-state index < -0.39 is 0 Å². The van der Waals surface area contributed by atoms with Crippen LogP contribution in [0.1, 0.15) is 24.8 Å². The third kappa shape index (κ3) is 4.47. The topological polar surface area (TPSA) is 79.0 Å². The number of aromatic nitrogens is 4. The molecule has 0 spiro atoms. The van der Waals surface area contributed by atoms with E-state index in [1.807, 2.05) is 18.2 Å². The number of hydrogen-bond acceptors (Lipinski definition) is 7. The van der Waals surface area contributed by atoms with E-state index >= 15 is 0 Å². The summed E-state index contributed by atoms with van der Waals surface area (Å²) in [5, 5.41) is 16.2. The van der Waals surface area contributed by atoms with Gasteiger partial charge in [0.15, 0.2) is 5.82 Å². The van der Waals surface area contributed by atoms with Gasteiger partial charge in [-0.15, -0.1) is 21.5 Å². The van der Waals surface area contributed by atoms with E-state index in [0.29, 0.717) is 5.82 Å². The van der Waals surface area contributed by atoms with E-state index in [0.717, 1.165) is 57.1 Å². The van der Waals surface area contributed by atoms with Gasteiger partial charge in [0.1, 0.15) is 24.5 Å². The Morgan fingerprint density at radius 2 is 2.00 bits per heavy atom. The first kappa shape index (κ1) is 22.0. The first-order valence-corrected chi connectivity index (χ1v) is 13.0. The number of H-pyrrole nitrogens is 1. The number of piperidine rings is 1. The monoisotopic (exact) mass is 484 g/mol. The van der Waals surface area contributed by atoms with Crippen LogP contribution in [-0.4, -0.2) is 51.3 Å². The van der Waals surface area contributed by atoms with Crippen LogP contribution in [0.2, 0.25) is 0 Å². The molecule has 2 aromatic carbocycles. The van der Waals surface area contributed by atoms with Crippen LogP contribution >= 0.6 is 11.3 Å². The number of anilines is 2. The minimum atomic E-state index is 0.714. The Morgan fingerprint density at radius 3 is 2.83 bits per heavy atom. The number of ether oxygens (including phenoxy) is 1. The third-order valence-electron chi connectivity index (χ3n) is 6.68. The lowest BCUT2D eigenvalue weighted by Gasteiger charge is -2.26. The molecule has 8 heteroatoms. The van der Waals surface area contributed by atoms with Crippen molar-refractivity contribution in [2.45, 2.75) is 26.2 Å². The zero-order chi connectivity index (χ0) is 23.6. The van der Waals surface area contributed by atoms with Crippen LogP contribution in [0.25, 0.3) is 32.4 Å². The van der Waals surface area contributed by atoms with E-state index in [9.17, 15) is 0 Å². The molecule has 1 fully saturated rings. The number of aryl methyl sites for hydroxylation is 1. The number of pyridine rings is 1. The summed E-state index contributed by atoms with van der Waals surface area (Å²) in [6, 6.07) is 14.6. The van der Waals surface area contributed by atoms with Crippen LogP contribution in [0.5, 0.6) is 5.75 Å². The molecule has 178 valence electrons. The van der Waals surface area contributed by atoms with Gasteiger partial charge in [0.25, 0.3) is 0 Å². The number of nitrogens with zero attached hydrogens (tertiary/aromatic N) is 4. The maximum Gasteiger partial charge on any atom is 0.163 e. The molecule has 1 aliphatic rings. The fourth-order valence-corrected chi connectivity index (χ4v) is 5.68. The van der Waals surface area contributed by atoms with Crippen LogP contribution in [0, 0.1) is 6.92 Å². The van der Waals surface area contributed by atoms with Crippen molar-refractivity contribution in [3.05, 3.63) is 59.7 Å². The van der Waals surface area contributed by atoms with E-state index in [4.69, 9.17) is 9.72 Å². The van der Waals surface area contributed by atoms with Crippen molar-refractivity contribution in [1.29, 1.82) is 0 Å². The Bertz CT molecular complexity index is 1460. The Hall–Kier alpha value is -3.49. The Balaban J connectivity index is 1.27. The maximum atomic E-state index is 6.07. The molecule has 35 heavy (non-hydrogen) atoms. The number of benzene rings is 2. The highest BCUT2D eigenvalue weighted by Gasteiger charge is 2.16. The Morgan fingerprint density at radius 1 is 1.09 bits per heavy atom. The van der Waals surface area contributed by atoms with E-state index in [-0.39, 0.29) is 0 Å². The molecule has 1 saturated heterocycles. The highest BCUT2D eigenvalue weighted by Crippen LogP contribution is 2.38. The standard InChI is InChI=1S/C27H28N6OS/c1-18-16-19(34-14-13-33-11-3-2-4-12-33)8-9-23(18)30-27-25-21(10-15-35-25)20-6-5-7-22(24(20)31-27)26-28-17-29-32-26/h5-10,15-17H,2-4,11-14H2,1H3,(H,30,31)(H,28,29,32). The summed E-state index contributed by atoms with van der Waals surface area (Å²) in [7, 11) is 0. The number of rotatable bonds is 7. The lowest BCUT2D eigenvalue weighted by Crippen LogP contribution is -2.33. The number of thiophene rings is 1. The molecule has 7 nitrogen and oxygen atoms in total. The molecule has 5 aromatic rings. The molecule has 3 aromatic heterocycles. The average molecular weight is 485 g/mol. The van der Waals surface area contributed by atoms with E-state index in [1.54, 1.807) is 17.7 Å². The third-order valence-corrected chi connectivity index (χ3v) is 7.60. The van der Waals surface area contributed by atoms with Crippen molar-refractivity contribution < 1.29 is 4.74 Å². The van der Waals surface area contributed by atoms with Gasteiger partial charge in [-0.1, -0.05) is 18.6 Å². The summed E-state index contributed by atoms with van der Waals surface area (Å²) in [4.78, 5) is 10.7. The normalized spacial score (nSPS) is 14.5. The average Bonchev–Trinajstić information content (AvgIpc) is 3.59. The predicted molar refractivity (Wildman–Crippen MR) is 143 cm³/mol. The highest BCUT2D eigenvalue weighted by molar-refractivity contribution is 7.18. The van der Waals surface area contributed by atoms with E-state index in [2.05, 4.69) is 62.0 Å². The van der Waals surface area contributed by atoms with Crippen molar-refractivity contribution >= 4 is 43.8 Å². The van der Waals surface area contributed by atoms with Crippen LogP contribution in [0.15, 0.2) is 54.2 Å². The zero-order valence-corrected chi connectivity index (χ0v) is 20.6. The number of nitrogens with one attached hydrogen (secondary N) is 2. The second-order valence-corrected chi connectivity index (χ2v) is 9.93. The van der Waals surface area contributed by atoms with Crippen LogP contribution in [0.3, 0.4) is 0 Å². The van der Waals surface area contributed by atoms with Gasteiger partial charge in [0.05, 0.1) is 10.2 Å². The van der Waals surface area contributed by atoms with Gasteiger partial charge in [0.2, 0.25) is 0 Å². The van der Waals surface area contributed by atoms with Crippen molar-refractivity contribution in [3.8, 4) is 17.1 Å². The Kier molecular flexibility index (Phi) is 6.06. The molecular weight excluding hydrogens is 456 g/mol. The molecule has 0 bridgehead atoms. The second kappa shape index (κ2) is 9.64. The van der Waals surface area contributed by atoms with Crippen molar-refractivity contribution in [2.24, 2.45) is 0 Å². The lowest BCUT2D eigenvalue weighted by molar-refractivity contribution is 0.183. The zero-order valence-electron chi connectivity index (χ0n) is 19.8. The van der Waals surface area contributed by atoms with Gasteiger partial charge >= 0.3 is 0 Å². The first-order valence-electron chi connectivity index (χ1n) is 12.2. The molecule has 0 aliphatic carbocycles. The largest absolute Gasteiger partial charge is 0.492 e. The molecule has 0 radical (unpaired) electrons. The Labute approximate surface area is 208 Å². The smallest absolute Gasteiger partial charge is 0.163 e. The van der Waals surface area contributed by atoms with Gasteiger partial charge in [0, 0.05) is 28.6 Å². The van der Waals surface area contributed by atoms with Crippen LogP contribution < -0.4 is 10.1 Å². The summed E-state index contributed by atoms with van der Waals surface area (Å²) in [6.45, 7) is 6.20. The maximum absolute atomic E-state index is 6.07. The minimum Gasteiger partial charge on any atom is -0.492 e. The summed E-state index contributed by atoms with van der Waals surface area (Å²) in [5.41, 5.74) is 3.97. The SMILES string of the molecule is Cc1cc(OCCN2CCCCC2)ccc1Nc1nc2c(-c3nnc[nH]3)cccc2c2ccsc12. The molecule has 0 atom stereocenters. The molecule has 6 rings (SSSR count). The molecular formula is C27H28N6OS. The lowest BCUT2D eigenvalue weighted by atomic mass is 10.1. The number of likely N-dealkylation sites (tertiary alicyclic amines) is 1.